The molecule has 1 nitrogen and oxygen atoms in total. The third-order valence-electron chi connectivity index (χ3n) is 4.72. The van der Waals surface area contributed by atoms with E-state index < -0.39 is 0 Å². The van der Waals surface area contributed by atoms with Gasteiger partial charge < -0.3 is 5.32 Å². The van der Waals surface area contributed by atoms with Crippen LogP contribution >= 0.6 is 11.3 Å². The average molecular weight is 285 g/mol. The Hall–Kier alpha value is -0.860. The molecule has 0 amide bonds. The Labute approximate surface area is 125 Å². The zero-order chi connectivity index (χ0) is 13.7. The average Bonchev–Trinajstić information content (AvgIpc) is 3.01. The van der Waals surface area contributed by atoms with Crippen molar-refractivity contribution in [2.75, 3.05) is 0 Å². The maximum absolute atomic E-state index is 3.70. The first-order valence-electron chi connectivity index (χ1n) is 8.03. The molecule has 0 atom stereocenters. The maximum Gasteiger partial charge on any atom is 0.0352 e. The second kappa shape index (κ2) is 4.85. The lowest BCUT2D eigenvalue weighted by molar-refractivity contribution is 0.686. The molecule has 1 N–H and O–H groups in total. The first-order valence-corrected chi connectivity index (χ1v) is 8.84. The molecule has 1 saturated carbocycles. The van der Waals surface area contributed by atoms with E-state index in [0.717, 1.165) is 12.6 Å². The van der Waals surface area contributed by atoms with Gasteiger partial charge in [-0.05, 0) is 72.2 Å². The van der Waals surface area contributed by atoms with E-state index in [-0.39, 0.29) is 0 Å². The molecule has 1 heterocycles. The van der Waals surface area contributed by atoms with Crippen molar-refractivity contribution in [1.29, 1.82) is 0 Å². The first-order chi connectivity index (χ1) is 9.72. The molecule has 0 spiro atoms. The van der Waals surface area contributed by atoms with Crippen LogP contribution < -0.4 is 5.32 Å². The fourth-order valence-corrected chi connectivity index (χ4v) is 4.88. The predicted molar refractivity (Wildman–Crippen MR) is 87.8 cm³/mol. The fourth-order valence-electron chi connectivity index (χ4n) is 3.52. The molecular formula is C18H23NS. The summed E-state index contributed by atoms with van der Waals surface area (Å²) in [7, 11) is 0. The second-order valence-electron chi connectivity index (χ2n) is 6.72. The van der Waals surface area contributed by atoms with Crippen molar-refractivity contribution in [3.05, 3.63) is 33.7 Å². The van der Waals surface area contributed by atoms with Crippen LogP contribution in [-0.2, 0) is 19.4 Å². The van der Waals surface area contributed by atoms with Gasteiger partial charge in [-0.3, -0.25) is 0 Å². The van der Waals surface area contributed by atoms with Crippen LogP contribution in [0.5, 0.6) is 0 Å². The molecule has 2 heteroatoms. The van der Waals surface area contributed by atoms with Crippen molar-refractivity contribution in [1.82, 2.24) is 5.32 Å². The number of fused-ring (bicyclic) bond motifs is 2. The lowest BCUT2D eigenvalue weighted by Crippen LogP contribution is -2.15. The SMILES string of the molecule is CC(C)c1c(CNC2CC2)sc2cc3c(cc12)CCC3. The minimum Gasteiger partial charge on any atom is -0.309 e. The van der Waals surface area contributed by atoms with Gasteiger partial charge in [0.2, 0.25) is 0 Å². The minimum absolute atomic E-state index is 0.624. The maximum atomic E-state index is 3.70. The number of nitrogens with one attached hydrogen (secondary N) is 1. The molecule has 0 aliphatic heterocycles. The number of hydrogen-bond donors (Lipinski definition) is 1. The van der Waals surface area contributed by atoms with E-state index >= 15 is 0 Å². The third-order valence-corrected chi connectivity index (χ3v) is 5.89. The first kappa shape index (κ1) is 12.8. The zero-order valence-electron chi connectivity index (χ0n) is 12.5. The number of rotatable bonds is 4. The van der Waals surface area contributed by atoms with Crippen molar-refractivity contribution < 1.29 is 0 Å². The van der Waals surface area contributed by atoms with Crippen LogP contribution in [0.3, 0.4) is 0 Å². The molecule has 1 aromatic heterocycles. The van der Waals surface area contributed by atoms with Crippen LogP contribution in [0.25, 0.3) is 10.1 Å². The van der Waals surface area contributed by atoms with Crippen LogP contribution in [-0.4, -0.2) is 6.04 Å². The highest BCUT2D eigenvalue weighted by Crippen LogP contribution is 2.39. The molecule has 1 fully saturated rings. The van der Waals surface area contributed by atoms with Gasteiger partial charge in [0.15, 0.2) is 0 Å². The van der Waals surface area contributed by atoms with Gasteiger partial charge in [-0.2, -0.15) is 0 Å². The van der Waals surface area contributed by atoms with Gasteiger partial charge in [0.05, 0.1) is 0 Å². The van der Waals surface area contributed by atoms with E-state index in [9.17, 15) is 0 Å². The summed E-state index contributed by atoms with van der Waals surface area (Å²) in [6.45, 7) is 5.76. The summed E-state index contributed by atoms with van der Waals surface area (Å²) in [6.07, 6.45) is 6.66. The highest BCUT2D eigenvalue weighted by Gasteiger charge is 2.23. The molecule has 2 aliphatic carbocycles. The van der Waals surface area contributed by atoms with Crippen molar-refractivity contribution in [3.63, 3.8) is 0 Å². The van der Waals surface area contributed by atoms with Crippen molar-refractivity contribution >= 4 is 21.4 Å². The topological polar surface area (TPSA) is 12.0 Å². The predicted octanol–water partition coefficient (Wildman–Crippen LogP) is 4.77. The smallest absolute Gasteiger partial charge is 0.0352 e. The van der Waals surface area contributed by atoms with Gasteiger partial charge in [-0.15, -0.1) is 11.3 Å². The molecule has 0 radical (unpaired) electrons. The Morgan fingerprint density at radius 3 is 2.65 bits per heavy atom. The number of benzene rings is 1. The van der Waals surface area contributed by atoms with Crippen LogP contribution in [0.4, 0.5) is 0 Å². The van der Waals surface area contributed by atoms with E-state index in [0.29, 0.717) is 5.92 Å². The summed E-state index contributed by atoms with van der Waals surface area (Å²) in [4.78, 5) is 1.57. The molecule has 4 rings (SSSR count). The Morgan fingerprint density at radius 2 is 1.95 bits per heavy atom. The van der Waals surface area contributed by atoms with Gasteiger partial charge in [-0.25, -0.2) is 0 Å². The third kappa shape index (κ3) is 2.19. The summed E-state index contributed by atoms with van der Waals surface area (Å²) in [5.74, 6) is 0.624. The monoisotopic (exact) mass is 285 g/mol. The van der Waals surface area contributed by atoms with Crippen LogP contribution in [0.15, 0.2) is 12.1 Å². The number of hydrogen-bond acceptors (Lipinski definition) is 2. The van der Waals surface area contributed by atoms with Gasteiger partial charge in [0.25, 0.3) is 0 Å². The highest BCUT2D eigenvalue weighted by molar-refractivity contribution is 7.19. The molecule has 20 heavy (non-hydrogen) atoms. The quantitative estimate of drug-likeness (QED) is 0.853. The normalized spacial score (nSPS) is 18.1. The van der Waals surface area contributed by atoms with E-state index in [1.165, 1.54) is 36.8 Å². The Kier molecular flexibility index (Phi) is 3.12. The van der Waals surface area contributed by atoms with Crippen LogP contribution in [0, 0.1) is 0 Å². The van der Waals surface area contributed by atoms with E-state index in [4.69, 9.17) is 0 Å². The molecule has 0 saturated heterocycles. The zero-order valence-corrected chi connectivity index (χ0v) is 13.3. The van der Waals surface area contributed by atoms with E-state index in [2.05, 4.69) is 31.3 Å². The Bertz CT molecular complexity index is 649. The summed E-state index contributed by atoms with van der Waals surface area (Å²) in [5.41, 5.74) is 4.82. The summed E-state index contributed by atoms with van der Waals surface area (Å²) in [6, 6.07) is 5.78. The summed E-state index contributed by atoms with van der Waals surface area (Å²) >= 11 is 2.03. The van der Waals surface area contributed by atoms with E-state index in [1.54, 1.807) is 27.0 Å². The van der Waals surface area contributed by atoms with Gasteiger partial charge in [0.1, 0.15) is 0 Å². The molecule has 0 unspecified atom stereocenters. The number of thiophene rings is 1. The van der Waals surface area contributed by atoms with Crippen LogP contribution in [0.1, 0.15) is 60.6 Å². The molecule has 0 bridgehead atoms. The second-order valence-corrected chi connectivity index (χ2v) is 7.86. The fraction of sp³-hybridized carbons (Fsp3) is 0.556. The summed E-state index contributed by atoms with van der Waals surface area (Å²) in [5, 5.41) is 5.24. The van der Waals surface area contributed by atoms with Gasteiger partial charge in [-0.1, -0.05) is 13.8 Å². The Morgan fingerprint density at radius 1 is 1.20 bits per heavy atom. The molecular weight excluding hydrogens is 262 g/mol. The molecule has 2 aliphatic rings. The van der Waals surface area contributed by atoms with Gasteiger partial charge >= 0.3 is 0 Å². The lowest BCUT2D eigenvalue weighted by Gasteiger charge is -2.09. The number of aryl methyl sites for hydroxylation is 2. The van der Waals surface area contributed by atoms with E-state index in [1.807, 2.05) is 11.3 Å². The van der Waals surface area contributed by atoms with Crippen molar-refractivity contribution in [2.24, 2.45) is 0 Å². The molecule has 2 aromatic rings. The molecule has 1 aromatic carbocycles. The van der Waals surface area contributed by atoms with Crippen molar-refractivity contribution in [3.8, 4) is 0 Å². The molecule has 106 valence electrons. The summed E-state index contributed by atoms with van der Waals surface area (Å²) < 4.78 is 1.52. The standard InChI is InChI=1S/C18H23NS/c1-11(2)18-15-8-12-4-3-5-13(12)9-16(15)20-17(18)10-19-14-6-7-14/h8-9,11,14,19H,3-7,10H2,1-2H3. The minimum atomic E-state index is 0.624. The van der Waals surface area contributed by atoms with Gasteiger partial charge in [0, 0.05) is 22.2 Å². The lowest BCUT2D eigenvalue weighted by atomic mass is 9.97. The Balaban J connectivity index is 1.79. The van der Waals surface area contributed by atoms with Crippen molar-refractivity contribution in [2.45, 2.75) is 64.5 Å². The highest BCUT2D eigenvalue weighted by atomic mass is 32.1. The largest absolute Gasteiger partial charge is 0.309 e. The van der Waals surface area contributed by atoms with Crippen LogP contribution in [0.2, 0.25) is 0 Å².